The Balaban J connectivity index is 3.27. The Labute approximate surface area is 166 Å². The zero-order valence-electron chi connectivity index (χ0n) is 14.9. The minimum absolute atomic E-state index is 0.0299. The highest BCUT2D eigenvalue weighted by atomic mass is 35.5. The predicted octanol–water partition coefficient (Wildman–Crippen LogP) is 4.87. The molecule has 9 heteroatoms. The van der Waals surface area contributed by atoms with E-state index in [9.17, 15) is 14.4 Å². The lowest BCUT2D eigenvalue weighted by Crippen LogP contribution is -2.35. The molecule has 1 N–H and O–H groups in total. The molecule has 0 aliphatic carbocycles. The van der Waals surface area contributed by atoms with Gasteiger partial charge in [-0.3, -0.25) is 0 Å². The van der Waals surface area contributed by atoms with Crippen LogP contribution in [0.15, 0.2) is 6.07 Å². The average molecular weight is 426 g/mol. The third-order valence-electron chi connectivity index (χ3n) is 4.29. The molecular formula is C17H19Cl3O6. The summed E-state index contributed by atoms with van der Waals surface area (Å²) in [6, 6.07) is 1.13. The number of hydrogen-bond donors (Lipinski definition) is 1. The first-order valence-electron chi connectivity index (χ1n) is 7.48. The Bertz CT molecular complexity index is 750. The molecule has 1 rings (SSSR count). The molecule has 0 spiro atoms. The maximum Gasteiger partial charge on any atom is 0.422 e. The molecule has 26 heavy (non-hydrogen) atoms. The van der Waals surface area contributed by atoms with Crippen LogP contribution in [0.25, 0.3) is 0 Å². The third-order valence-corrected chi connectivity index (χ3v) is 5.36. The van der Waals surface area contributed by atoms with E-state index in [2.05, 4.69) is 4.74 Å². The first-order chi connectivity index (χ1) is 11.7. The first-order valence-corrected chi connectivity index (χ1v) is 8.62. The number of esters is 2. The van der Waals surface area contributed by atoms with Gasteiger partial charge in [0.25, 0.3) is 0 Å². The van der Waals surface area contributed by atoms with Crippen LogP contribution in [-0.2, 0) is 14.3 Å². The van der Waals surface area contributed by atoms with Gasteiger partial charge < -0.3 is 14.6 Å². The molecule has 0 heterocycles. The third kappa shape index (κ3) is 5.02. The zero-order chi connectivity index (χ0) is 20.4. The number of benzene rings is 1. The Hall–Kier alpha value is -1.50. The van der Waals surface area contributed by atoms with Crippen molar-refractivity contribution < 1.29 is 29.0 Å². The van der Waals surface area contributed by atoms with Crippen molar-refractivity contribution in [3.05, 3.63) is 26.7 Å². The highest BCUT2D eigenvalue weighted by molar-refractivity contribution is 6.46. The standard InChI is InChI=1S/C17H19Cl3O6/c1-16(2,3)17(4,5)7-25-14(23)10-11(20)8(18)6-9(19)12(10)26-15(24)13(21)22/h6H,7H2,1-5H3,(H,21,22). The molecule has 0 unspecified atom stereocenters. The van der Waals surface area contributed by atoms with Crippen molar-refractivity contribution in [1.82, 2.24) is 0 Å². The quantitative estimate of drug-likeness (QED) is 0.320. The van der Waals surface area contributed by atoms with Crippen LogP contribution in [0.4, 0.5) is 0 Å². The SMILES string of the molecule is CC(C)(C)C(C)(C)COC(=O)c1c(Cl)c(Cl)cc(Cl)c1OC(=O)C(=O)O. The number of aliphatic carboxylic acids is 1. The summed E-state index contributed by atoms with van der Waals surface area (Å²) in [5.41, 5.74) is -0.986. The van der Waals surface area contributed by atoms with Gasteiger partial charge in [-0.25, -0.2) is 14.4 Å². The summed E-state index contributed by atoms with van der Waals surface area (Å²) in [7, 11) is 0. The second-order valence-electron chi connectivity index (χ2n) is 7.26. The normalized spacial score (nSPS) is 11.8. The van der Waals surface area contributed by atoms with Crippen LogP contribution >= 0.6 is 34.8 Å². The van der Waals surface area contributed by atoms with E-state index in [1.54, 1.807) is 0 Å². The lowest BCUT2D eigenvalue weighted by Gasteiger charge is -2.38. The topological polar surface area (TPSA) is 89.9 Å². The summed E-state index contributed by atoms with van der Waals surface area (Å²) >= 11 is 17.9. The Kier molecular flexibility index (Phi) is 6.96. The number of carboxylic acid groups (broad SMARTS) is 1. The van der Waals surface area contributed by atoms with E-state index in [1.165, 1.54) is 0 Å². The number of halogens is 3. The van der Waals surface area contributed by atoms with E-state index < -0.39 is 34.6 Å². The van der Waals surface area contributed by atoms with Crippen molar-refractivity contribution in [2.45, 2.75) is 34.6 Å². The second-order valence-corrected chi connectivity index (χ2v) is 8.46. The van der Waals surface area contributed by atoms with Gasteiger partial charge in [0.05, 0.1) is 21.7 Å². The molecule has 0 saturated heterocycles. The van der Waals surface area contributed by atoms with Crippen LogP contribution < -0.4 is 4.74 Å². The van der Waals surface area contributed by atoms with Crippen LogP contribution in [0.2, 0.25) is 15.1 Å². The predicted molar refractivity (Wildman–Crippen MR) is 98.3 cm³/mol. The van der Waals surface area contributed by atoms with Gasteiger partial charge in [-0.15, -0.1) is 0 Å². The van der Waals surface area contributed by atoms with Gasteiger partial charge in [0.2, 0.25) is 0 Å². The molecule has 0 radical (unpaired) electrons. The van der Waals surface area contributed by atoms with Crippen molar-refractivity contribution in [2.75, 3.05) is 6.61 Å². The van der Waals surface area contributed by atoms with Crippen molar-refractivity contribution in [1.29, 1.82) is 0 Å². The zero-order valence-corrected chi connectivity index (χ0v) is 17.2. The van der Waals surface area contributed by atoms with Crippen LogP contribution in [0.1, 0.15) is 45.0 Å². The van der Waals surface area contributed by atoms with Crippen molar-refractivity contribution in [2.24, 2.45) is 10.8 Å². The summed E-state index contributed by atoms with van der Waals surface area (Å²) in [6.07, 6.45) is 0. The summed E-state index contributed by atoms with van der Waals surface area (Å²) in [6.45, 7) is 9.83. The fourth-order valence-corrected chi connectivity index (χ4v) is 2.25. The van der Waals surface area contributed by atoms with E-state index in [0.29, 0.717) is 0 Å². The monoisotopic (exact) mass is 424 g/mol. The van der Waals surface area contributed by atoms with Crippen molar-refractivity contribution in [3.8, 4) is 5.75 Å². The van der Waals surface area contributed by atoms with Crippen LogP contribution in [0, 0.1) is 10.8 Å². The maximum absolute atomic E-state index is 12.6. The minimum Gasteiger partial charge on any atom is -0.473 e. The summed E-state index contributed by atoms with van der Waals surface area (Å²) in [4.78, 5) is 34.7. The minimum atomic E-state index is -1.86. The number of ether oxygens (including phenoxy) is 2. The van der Waals surface area contributed by atoms with Crippen LogP contribution in [0.3, 0.4) is 0 Å². The summed E-state index contributed by atoms with van der Waals surface area (Å²) in [5, 5.41) is 8.10. The van der Waals surface area contributed by atoms with Crippen molar-refractivity contribution in [3.63, 3.8) is 0 Å². The number of carbonyl (C=O) groups is 3. The van der Waals surface area contributed by atoms with Gasteiger partial charge in [0.15, 0.2) is 5.75 Å². The molecule has 0 bridgehead atoms. The second kappa shape index (κ2) is 8.03. The molecule has 0 atom stereocenters. The Morgan fingerprint density at radius 3 is 2.04 bits per heavy atom. The number of rotatable bonds is 4. The molecule has 0 saturated carbocycles. The molecule has 0 aliphatic rings. The van der Waals surface area contributed by atoms with Gasteiger partial charge >= 0.3 is 17.9 Å². The maximum atomic E-state index is 12.6. The van der Waals surface area contributed by atoms with E-state index in [4.69, 9.17) is 44.6 Å². The highest BCUT2D eigenvalue weighted by Gasteiger charge is 2.35. The molecule has 144 valence electrons. The molecule has 0 amide bonds. The molecule has 1 aromatic rings. The fraction of sp³-hybridized carbons (Fsp3) is 0.471. The van der Waals surface area contributed by atoms with E-state index in [1.807, 2.05) is 34.6 Å². The average Bonchev–Trinajstić information content (AvgIpc) is 2.49. The lowest BCUT2D eigenvalue weighted by atomic mass is 9.70. The van der Waals surface area contributed by atoms with E-state index in [0.717, 1.165) is 6.07 Å². The molecule has 0 aromatic heterocycles. The van der Waals surface area contributed by atoms with Crippen LogP contribution in [0.5, 0.6) is 5.75 Å². The molecular weight excluding hydrogens is 407 g/mol. The van der Waals surface area contributed by atoms with Crippen molar-refractivity contribution >= 4 is 52.7 Å². The Morgan fingerprint density at radius 2 is 1.58 bits per heavy atom. The summed E-state index contributed by atoms with van der Waals surface area (Å²) in [5.74, 6) is -4.95. The molecule has 1 aromatic carbocycles. The van der Waals surface area contributed by atoms with Crippen LogP contribution in [-0.4, -0.2) is 29.6 Å². The smallest absolute Gasteiger partial charge is 0.422 e. The van der Waals surface area contributed by atoms with Gasteiger partial charge in [-0.05, 0) is 11.5 Å². The van der Waals surface area contributed by atoms with Gasteiger partial charge in [-0.1, -0.05) is 69.4 Å². The first kappa shape index (κ1) is 22.5. The van der Waals surface area contributed by atoms with Gasteiger partial charge in [0.1, 0.15) is 5.56 Å². The number of carbonyl (C=O) groups excluding carboxylic acids is 2. The number of carboxylic acids is 1. The van der Waals surface area contributed by atoms with E-state index in [-0.39, 0.29) is 27.1 Å². The molecule has 6 nitrogen and oxygen atoms in total. The lowest BCUT2D eigenvalue weighted by molar-refractivity contribution is -0.158. The largest absolute Gasteiger partial charge is 0.473 e. The summed E-state index contributed by atoms with van der Waals surface area (Å²) < 4.78 is 9.99. The molecule has 0 aliphatic heterocycles. The highest BCUT2D eigenvalue weighted by Crippen LogP contribution is 2.41. The molecule has 0 fully saturated rings. The fourth-order valence-electron chi connectivity index (χ4n) is 1.53. The van der Waals surface area contributed by atoms with Gasteiger partial charge in [-0.2, -0.15) is 0 Å². The number of hydrogen-bond acceptors (Lipinski definition) is 5. The van der Waals surface area contributed by atoms with Gasteiger partial charge in [0, 0.05) is 5.41 Å². The Morgan fingerprint density at radius 1 is 1.04 bits per heavy atom. The van der Waals surface area contributed by atoms with E-state index >= 15 is 0 Å².